The van der Waals surface area contributed by atoms with Gasteiger partial charge >= 0.3 is 6.18 Å². The average molecular weight is 424 g/mol. The Kier molecular flexibility index (Phi) is 6.74. The summed E-state index contributed by atoms with van der Waals surface area (Å²) >= 11 is 1.30. The first-order valence-electron chi connectivity index (χ1n) is 9.41. The van der Waals surface area contributed by atoms with E-state index >= 15 is 0 Å². The van der Waals surface area contributed by atoms with E-state index in [4.69, 9.17) is 0 Å². The molecule has 1 aliphatic heterocycles. The molecule has 0 spiro atoms. The fourth-order valence-corrected chi connectivity index (χ4v) is 4.02. The molecule has 2 aromatic carbocycles. The maximum absolute atomic E-state index is 13.7. The van der Waals surface area contributed by atoms with Crippen LogP contribution in [0.2, 0.25) is 0 Å². The van der Waals surface area contributed by atoms with Crippen molar-refractivity contribution < 1.29 is 18.0 Å². The minimum absolute atomic E-state index is 0.208. The molecule has 1 fully saturated rings. The van der Waals surface area contributed by atoms with E-state index in [2.05, 4.69) is 10.2 Å². The highest BCUT2D eigenvalue weighted by atomic mass is 32.2. The minimum Gasteiger partial charge on any atom is -0.369 e. The van der Waals surface area contributed by atoms with Crippen LogP contribution in [0.1, 0.15) is 12.5 Å². The number of nitrogens with one attached hydrogen (secondary N) is 1. The Balaban J connectivity index is 1.76. The van der Waals surface area contributed by atoms with Crippen molar-refractivity contribution in [3.05, 3.63) is 54.1 Å². The number of halogens is 3. The Labute approximate surface area is 173 Å². The third-order valence-electron chi connectivity index (χ3n) is 4.86. The van der Waals surface area contributed by atoms with Crippen LogP contribution >= 0.6 is 11.8 Å². The van der Waals surface area contributed by atoms with E-state index in [1.54, 1.807) is 13.0 Å². The molecule has 1 unspecified atom stereocenters. The van der Waals surface area contributed by atoms with Crippen molar-refractivity contribution in [2.24, 2.45) is 0 Å². The highest BCUT2D eigenvalue weighted by Gasteiger charge is 2.35. The molecule has 156 valence electrons. The van der Waals surface area contributed by atoms with Gasteiger partial charge in [-0.1, -0.05) is 18.2 Å². The van der Waals surface area contributed by atoms with Gasteiger partial charge in [-0.15, -0.1) is 11.8 Å². The van der Waals surface area contributed by atoms with Crippen LogP contribution in [0.4, 0.5) is 24.5 Å². The third-order valence-corrected chi connectivity index (χ3v) is 5.97. The molecule has 0 aromatic heterocycles. The summed E-state index contributed by atoms with van der Waals surface area (Å²) < 4.78 is 41.0. The second kappa shape index (κ2) is 9.09. The fraction of sp³-hybridized carbons (Fsp3) is 0.381. The van der Waals surface area contributed by atoms with Crippen LogP contribution < -0.4 is 10.2 Å². The number of piperazine rings is 1. The van der Waals surface area contributed by atoms with Crippen LogP contribution in [0.3, 0.4) is 0 Å². The molecule has 1 atom stereocenters. The average Bonchev–Trinajstić information content (AvgIpc) is 2.69. The van der Waals surface area contributed by atoms with Gasteiger partial charge in [0.15, 0.2) is 0 Å². The van der Waals surface area contributed by atoms with Gasteiger partial charge in [0.2, 0.25) is 5.91 Å². The number of thioether (sulfide) groups is 1. The number of nitrogens with zero attached hydrogens (tertiary/aromatic N) is 2. The van der Waals surface area contributed by atoms with Gasteiger partial charge in [-0.05, 0) is 44.3 Å². The van der Waals surface area contributed by atoms with E-state index < -0.39 is 22.9 Å². The van der Waals surface area contributed by atoms with Crippen LogP contribution in [-0.4, -0.2) is 49.3 Å². The zero-order valence-corrected chi connectivity index (χ0v) is 17.2. The Morgan fingerprint density at radius 1 is 1.07 bits per heavy atom. The lowest BCUT2D eigenvalue weighted by Gasteiger charge is -2.34. The van der Waals surface area contributed by atoms with E-state index in [-0.39, 0.29) is 5.69 Å². The maximum atomic E-state index is 13.7. The van der Waals surface area contributed by atoms with E-state index in [1.165, 1.54) is 17.8 Å². The summed E-state index contributed by atoms with van der Waals surface area (Å²) in [5.74, 6) is -0.461. The number of hydrogen-bond donors (Lipinski definition) is 1. The first-order valence-corrected chi connectivity index (χ1v) is 10.3. The van der Waals surface area contributed by atoms with Crippen molar-refractivity contribution in [3.63, 3.8) is 0 Å². The molecule has 1 amide bonds. The van der Waals surface area contributed by atoms with E-state index in [1.807, 2.05) is 42.3 Å². The van der Waals surface area contributed by atoms with Crippen LogP contribution in [0.25, 0.3) is 0 Å². The fourth-order valence-electron chi connectivity index (χ4n) is 3.13. The zero-order chi connectivity index (χ0) is 21.0. The minimum atomic E-state index is -4.55. The highest BCUT2D eigenvalue weighted by molar-refractivity contribution is 8.00. The molecule has 1 N–H and O–H groups in total. The van der Waals surface area contributed by atoms with Gasteiger partial charge in [-0.2, -0.15) is 13.2 Å². The molecule has 0 bridgehead atoms. The Hall–Kier alpha value is -2.19. The van der Waals surface area contributed by atoms with Crippen LogP contribution in [0.5, 0.6) is 0 Å². The van der Waals surface area contributed by atoms with E-state index in [0.717, 1.165) is 24.1 Å². The van der Waals surface area contributed by atoms with Crippen molar-refractivity contribution in [1.29, 1.82) is 0 Å². The number of benzene rings is 2. The van der Waals surface area contributed by atoms with Gasteiger partial charge in [0.05, 0.1) is 16.5 Å². The lowest BCUT2D eigenvalue weighted by atomic mass is 10.1. The molecule has 8 heteroatoms. The van der Waals surface area contributed by atoms with Crippen molar-refractivity contribution in [1.82, 2.24) is 4.90 Å². The summed E-state index contributed by atoms with van der Waals surface area (Å²) in [5.41, 5.74) is -0.504. The van der Waals surface area contributed by atoms with Crippen molar-refractivity contribution >= 4 is 29.0 Å². The van der Waals surface area contributed by atoms with Gasteiger partial charge in [-0.25, -0.2) is 0 Å². The van der Waals surface area contributed by atoms with Crippen molar-refractivity contribution in [2.45, 2.75) is 23.2 Å². The van der Waals surface area contributed by atoms with Crippen LogP contribution in [0.15, 0.2) is 53.4 Å². The summed E-state index contributed by atoms with van der Waals surface area (Å²) in [4.78, 5) is 17.5. The topological polar surface area (TPSA) is 35.6 Å². The molecule has 1 saturated heterocycles. The Bertz CT molecular complexity index is 837. The van der Waals surface area contributed by atoms with Gasteiger partial charge < -0.3 is 15.1 Å². The monoisotopic (exact) mass is 423 g/mol. The van der Waals surface area contributed by atoms with Crippen molar-refractivity contribution in [2.75, 3.05) is 43.4 Å². The van der Waals surface area contributed by atoms with Gasteiger partial charge in [0, 0.05) is 36.8 Å². The number of carbonyl (C=O) groups excluding carboxylic acids is 1. The smallest absolute Gasteiger partial charge is 0.369 e. The van der Waals surface area contributed by atoms with Gasteiger partial charge in [0.1, 0.15) is 0 Å². The summed E-state index contributed by atoms with van der Waals surface area (Å²) in [6, 6.07) is 13.4. The third kappa shape index (κ3) is 5.67. The lowest BCUT2D eigenvalue weighted by Crippen LogP contribution is -2.44. The molecule has 1 heterocycles. The van der Waals surface area contributed by atoms with Gasteiger partial charge in [-0.3, -0.25) is 4.79 Å². The highest BCUT2D eigenvalue weighted by Crippen LogP contribution is 2.38. The van der Waals surface area contributed by atoms with Crippen LogP contribution in [0, 0.1) is 0 Å². The predicted molar refractivity (Wildman–Crippen MR) is 112 cm³/mol. The first-order chi connectivity index (χ1) is 13.7. The molecule has 2 aromatic rings. The number of carbonyl (C=O) groups is 1. The number of hydrogen-bond acceptors (Lipinski definition) is 4. The number of alkyl halides is 3. The molecule has 4 nitrogen and oxygen atoms in total. The van der Waals surface area contributed by atoms with Gasteiger partial charge in [0.25, 0.3) is 0 Å². The Morgan fingerprint density at radius 2 is 1.72 bits per heavy atom. The number of anilines is 2. The molecule has 0 radical (unpaired) electrons. The molecular formula is C21H24F3N3OS. The number of amides is 1. The van der Waals surface area contributed by atoms with Crippen molar-refractivity contribution in [3.8, 4) is 0 Å². The molecular weight excluding hydrogens is 399 g/mol. The predicted octanol–water partition coefficient (Wildman–Crippen LogP) is 4.58. The number of rotatable bonds is 5. The van der Waals surface area contributed by atoms with E-state index in [9.17, 15) is 18.0 Å². The standard InChI is InChI=1S/C21H24F3N3OS/c1-15(29-17-6-4-3-5-7-17)20(28)25-19-9-8-16(14-18(19)21(22,23)24)27-12-10-26(2)11-13-27/h3-9,14-15H,10-13H2,1-2H3,(H,25,28). The summed E-state index contributed by atoms with van der Waals surface area (Å²) in [6.07, 6.45) is -4.55. The molecule has 3 rings (SSSR count). The SMILES string of the molecule is CC(Sc1ccccc1)C(=O)Nc1ccc(N2CCN(C)CC2)cc1C(F)(F)F. The quantitative estimate of drug-likeness (QED) is 0.715. The Morgan fingerprint density at radius 3 is 2.34 bits per heavy atom. The normalized spacial score (nSPS) is 16.5. The molecule has 1 aliphatic rings. The summed E-state index contributed by atoms with van der Waals surface area (Å²) in [5, 5.41) is 1.94. The second-order valence-corrected chi connectivity index (χ2v) is 8.49. The molecule has 0 aliphatic carbocycles. The number of likely N-dealkylation sites (N-methyl/N-ethyl adjacent to an activating group) is 1. The zero-order valence-electron chi connectivity index (χ0n) is 16.4. The molecule has 0 saturated carbocycles. The summed E-state index contributed by atoms with van der Waals surface area (Å²) in [7, 11) is 1.99. The largest absolute Gasteiger partial charge is 0.418 e. The first kappa shape index (κ1) is 21.5. The summed E-state index contributed by atoms with van der Waals surface area (Å²) in [6.45, 7) is 4.62. The van der Waals surface area contributed by atoms with Crippen LogP contribution in [-0.2, 0) is 11.0 Å². The maximum Gasteiger partial charge on any atom is 0.418 e. The lowest BCUT2D eigenvalue weighted by molar-refractivity contribution is -0.136. The van der Waals surface area contributed by atoms with E-state index in [0.29, 0.717) is 18.8 Å². The molecule has 29 heavy (non-hydrogen) atoms. The second-order valence-electron chi connectivity index (χ2n) is 7.08.